The van der Waals surface area contributed by atoms with Gasteiger partial charge in [-0.3, -0.25) is 4.79 Å². The van der Waals surface area contributed by atoms with E-state index in [9.17, 15) is 9.59 Å². The molecule has 0 saturated heterocycles. The Morgan fingerprint density at radius 3 is 2.74 bits per heavy atom. The summed E-state index contributed by atoms with van der Waals surface area (Å²) >= 11 is 0. The Kier molecular flexibility index (Phi) is 2.58. The number of hydrogen-bond acceptors (Lipinski definition) is 3. The number of benzene rings is 1. The summed E-state index contributed by atoms with van der Waals surface area (Å²) in [6.07, 6.45) is 4.56. The van der Waals surface area contributed by atoms with Gasteiger partial charge in [-0.25, -0.2) is 4.79 Å². The van der Waals surface area contributed by atoms with Crippen molar-refractivity contribution in [1.82, 2.24) is 0 Å². The third-order valence-corrected chi connectivity index (χ3v) is 4.53. The van der Waals surface area contributed by atoms with Crippen molar-refractivity contribution in [2.75, 3.05) is 11.9 Å². The standard InChI is InChI=1S/C15H16N2O2/c1-10-12-8-11(15(16-9-18)6-3-7-15)4-5-13(12)17(2)14(10)19/h4-5,8,10H,3,6-7H2,1-2H3. The quantitative estimate of drug-likeness (QED) is 0.603. The van der Waals surface area contributed by atoms with Gasteiger partial charge in [0, 0.05) is 12.7 Å². The minimum atomic E-state index is -0.388. The zero-order valence-corrected chi connectivity index (χ0v) is 11.1. The SMILES string of the molecule is CC1C(=O)N(C)c2ccc(C3(N=C=O)CCC3)cc21. The summed E-state index contributed by atoms with van der Waals surface area (Å²) in [5, 5.41) is 0. The fourth-order valence-corrected chi connectivity index (χ4v) is 3.10. The van der Waals surface area contributed by atoms with Gasteiger partial charge in [-0.15, -0.1) is 0 Å². The number of anilines is 1. The third-order valence-electron chi connectivity index (χ3n) is 4.53. The van der Waals surface area contributed by atoms with Crippen LogP contribution in [0.5, 0.6) is 0 Å². The van der Waals surface area contributed by atoms with E-state index in [-0.39, 0.29) is 17.4 Å². The maximum absolute atomic E-state index is 12.0. The monoisotopic (exact) mass is 256 g/mol. The van der Waals surface area contributed by atoms with Crippen LogP contribution in [0.25, 0.3) is 0 Å². The smallest absolute Gasteiger partial charge is 0.235 e. The molecule has 1 atom stereocenters. The zero-order chi connectivity index (χ0) is 13.6. The first-order chi connectivity index (χ1) is 9.09. The zero-order valence-electron chi connectivity index (χ0n) is 11.1. The van der Waals surface area contributed by atoms with E-state index in [2.05, 4.69) is 4.99 Å². The molecule has 4 heteroatoms. The second-order valence-electron chi connectivity index (χ2n) is 5.48. The van der Waals surface area contributed by atoms with Crippen molar-refractivity contribution < 1.29 is 9.59 Å². The van der Waals surface area contributed by atoms with Gasteiger partial charge in [0.25, 0.3) is 0 Å². The average Bonchev–Trinajstić information content (AvgIpc) is 2.59. The molecule has 1 aliphatic carbocycles. The van der Waals surface area contributed by atoms with Gasteiger partial charge < -0.3 is 4.90 Å². The van der Waals surface area contributed by atoms with Crippen LogP contribution in [0.1, 0.15) is 43.2 Å². The molecule has 0 spiro atoms. The number of nitrogens with zero attached hydrogens (tertiary/aromatic N) is 2. The molecule has 3 rings (SSSR count). The fraction of sp³-hybridized carbons (Fsp3) is 0.467. The Labute approximate surface area is 112 Å². The maximum Gasteiger partial charge on any atom is 0.235 e. The molecule has 0 bridgehead atoms. The van der Waals surface area contributed by atoms with Crippen LogP contribution in [0.4, 0.5) is 5.69 Å². The first-order valence-corrected chi connectivity index (χ1v) is 6.60. The van der Waals surface area contributed by atoms with Crippen LogP contribution in [0.2, 0.25) is 0 Å². The molecule has 0 radical (unpaired) electrons. The highest BCUT2D eigenvalue weighted by Crippen LogP contribution is 2.47. The highest BCUT2D eigenvalue weighted by atomic mass is 16.2. The minimum absolute atomic E-state index is 0.114. The number of carbonyl (C=O) groups excluding carboxylic acids is 2. The summed E-state index contributed by atoms with van der Waals surface area (Å²) in [4.78, 5) is 28.3. The lowest BCUT2D eigenvalue weighted by atomic mass is 9.72. The van der Waals surface area contributed by atoms with Gasteiger partial charge in [0.15, 0.2) is 0 Å². The van der Waals surface area contributed by atoms with E-state index in [0.29, 0.717) is 0 Å². The van der Waals surface area contributed by atoms with Crippen LogP contribution >= 0.6 is 0 Å². The predicted octanol–water partition coefficient (Wildman–Crippen LogP) is 2.48. The van der Waals surface area contributed by atoms with Gasteiger partial charge in [-0.1, -0.05) is 12.1 Å². The normalized spacial score (nSPS) is 23.6. The molecule has 0 N–H and O–H groups in total. The average molecular weight is 256 g/mol. The summed E-state index contributed by atoms with van der Waals surface area (Å²) in [5.74, 6) is 0.00554. The molecule has 1 amide bonds. The molecular formula is C15H16N2O2. The summed E-state index contributed by atoms with van der Waals surface area (Å²) in [6, 6.07) is 5.99. The molecule has 1 aromatic rings. The van der Waals surface area contributed by atoms with E-state index in [1.54, 1.807) is 18.0 Å². The van der Waals surface area contributed by atoms with Crippen molar-refractivity contribution in [1.29, 1.82) is 0 Å². The lowest BCUT2D eigenvalue weighted by Gasteiger charge is -2.37. The van der Waals surface area contributed by atoms with Gasteiger partial charge in [-0.05, 0) is 43.4 Å². The topological polar surface area (TPSA) is 49.7 Å². The molecule has 1 heterocycles. The summed E-state index contributed by atoms with van der Waals surface area (Å²) < 4.78 is 0. The van der Waals surface area contributed by atoms with Crippen molar-refractivity contribution in [2.24, 2.45) is 4.99 Å². The number of fused-ring (bicyclic) bond motifs is 1. The Hall–Kier alpha value is -1.93. The second kappa shape index (κ2) is 4.04. The van der Waals surface area contributed by atoms with Gasteiger partial charge in [-0.2, -0.15) is 4.99 Å². The lowest BCUT2D eigenvalue weighted by Crippen LogP contribution is -2.31. The van der Waals surface area contributed by atoms with E-state index in [1.807, 2.05) is 25.1 Å². The first kappa shape index (κ1) is 12.1. The van der Waals surface area contributed by atoms with Crippen LogP contribution in [-0.2, 0) is 15.1 Å². The molecule has 1 unspecified atom stereocenters. The summed E-state index contributed by atoms with van der Waals surface area (Å²) in [7, 11) is 1.80. The van der Waals surface area contributed by atoms with Crippen molar-refractivity contribution in [2.45, 2.75) is 37.6 Å². The molecule has 1 aliphatic heterocycles. The van der Waals surface area contributed by atoms with Crippen LogP contribution in [0.3, 0.4) is 0 Å². The van der Waals surface area contributed by atoms with E-state index < -0.39 is 0 Å². The second-order valence-corrected chi connectivity index (χ2v) is 5.48. The van der Waals surface area contributed by atoms with Crippen molar-refractivity contribution in [3.05, 3.63) is 29.3 Å². The Balaban J connectivity index is 2.08. The van der Waals surface area contributed by atoms with Gasteiger partial charge in [0.1, 0.15) is 0 Å². The Morgan fingerprint density at radius 2 is 2.16 bits per heavy atom. The third kappa shape index (κ3) is 1.57. The fourth-order valence-electron chi connectivity index (χ4n) is 3.10. The maximum atomic E-state index is 12.0. The Morgan fingerprint density at radius 1 is 1.42 bits per heavy atom. The van der Waals surface area contributed by atoms with Gasteiger partial charge in [0.05, 0.1) is 11.5 Å². The molecule has 2 aliphatic rings. The van der Waals surface area contributed by atoms with Crippen LogP contribution in [0, 0.1) is 0 Å². The first-order valence-electron chi connectivity index (χ1n) is 6.60. The number of rotatable bonds is 2. The molecule has 19 heavy (non-hydrogen) atoms. The van der Waals surface area contributed by atoms with Crippen LogP contribution in [-0.4, -0.2) is 19.0 Å². The molecule has 98 valence electrons. The summed E-state index contributed by atoms with van der Waals surface area (Å²) in [5.41, 5.74) is 2.65. The van der Waals surface area contributed by atoms with Crippen LogP contribution in [0.15, 0.2) is 23.2 Å². The molecule has 1 aromatic carbocycles. The number of aliphatic imine (C=N–C) groups is 1. The lowest BCUT2D eigenvalue weighted by molar-refractivity contribution is -0.118. The number of likely N-dealkylation sites (N-methyl/N-ethyl adjacent to an activating group) is 1. The number of amides is 1. The van der Waals surface area contributed by atoms with Crippen molar-refractivity contribution >= 4 is 17.7 Å². The van der Waals surface area contributed by atoms with Crippen LogP contribution < -0.4 is 4.90 Å². The molecule has 1 fully saturated rings. The predicted molar refractivity (Wildman–Crippen MR) is 71.9 cm³/mol. The van der Waals surface area contributed by atoms with Crippen molar-refractivity contribution in [3.8, 4) is 0 Å². The van der Waals surface area contributed by atoms with E-state index in [4.69, 9.17) is 0 Å². The molecule has 4 nitrogen and oxygen atoms in total. The van der Waals surface area contributed by atoms with E-state index in [0.717, 1.165) is 36.1 Å². The van der Waals surface area contributed by atoms with Crippen molar-refractivity contribution in [3.63, 3.8) is 0 Å². The highest BCUT2D eigenvalue weighted by molar-refractivity contribution is 6.04. The van der Waals surface area contributed by atoms with E-state index >= 15 is 0 Å². The van der Waals surface area contributed by atoms with E-state index in [1.165, 1.54) is 0 Å². The number of isocyanates is 1. The highest BCUT2D eigenvalue weighted by Gasteiger charge is 2.41. The number of hydrogen-bond donors (Lipinski definition) is 0. The summed E-state index contributed by atoms with van der Waals surface area (Å²) in [6.45, 7) is 1.92. The largest absolute Gasteiger partial charge is 0.315 e. The van der Waals surface area contributed by atoms with Gasteiger partial charge >= 0.3 is 0 Å². The molecule has 0 aromatic heterocycles. The molecule has 1 saturated carbocycles. The Bertz CT molecular complexity index is 598. The van der Waals surface area contributed by atoms with Gasteiger partial charge in [0.2, 0.25) is 12.0 Å². The minimum Gasteiger partial charge on any atom is -0.315 e. The molecular weight excluding hydrogens is 240 g/mol. The number of carbonyl (C=O) groups is 1.